The fourth-order valence-corrected chi connectivity index (χ4v) is 2.03. The average molecular weight is 422 g/mol. The second kappa shape index (κ2) is 9.42. The Morgan fingerprint density at radius 1 is 1.43 bits per heavy atom. The maximum absolute atomic E-state index is 5.99. The van der Waals surface area contributed by atoms with E-state index in [0.717, 1.165) is 0 Å². The quantitative estimate of drug-likeness (QED) is 0.758. The first kappa shape index (κ1) is 15.2. The standard InChI is InChI=1S/C9H20N2.2ClH.Pt/c1-3-5-9-8(10)6-7-11(9)4-2;;;/h8-9H,3-7,10H2,1-2H3;2*1H;/q;;;+2/p-2. The number of nitrogens with zero attached hydrogens (tertiary/aromatic N) is 1. The predicted octanol–water partition coefficient (Wildman–Crippen LogP) is 2.58. The van der Waals surface area contributed by atoms with Gasteiger partial charge < -0.3 is 5.73 Å². The summed E-state index contributed by atoms with van der Waals surface area (Å²) in [6, 6.07) is 1.11. The van der Waals surface area contributed by atoms with Crippen LogP contribution in [0.15, 0.2) is 0 Å². The molecule has 0 saturated carbocycles. The van der Waals surface area contributed by atoms with Crippen molar-refractivity contribution in [1.82, 2.24) is 4.90 Å². The molecule has 1 aliphatic rings. The molecular weight excluding hydrogens is 402 g/mol. The molecule has 1 rings (SSSR count). The third kappa shape index (κ3) is 5.32. The van der Waals surface area contributed by atoms with Crippen molar-refractivity contribution in [2.75, 3.05) is 13.1 Å². The van der Waals surface area contributed by atoms with Crippen molar-refractivity contribution >= 4 is 18.8 Å². The first-order valence-electron chi connectivity index (χ1n) is 5.03. The summed E-state index contributed by atoms with van der Waals surface area (Å²) in [6.45, 7) is 6.83. The van der Waals surface area contributed by atoms with Gasteiger partial charge in [0, 0.05) is 18.6 Å². The molecule has 1 heterocycles. The Kier molecular flexibility index (Phi) is 10.2. The number of hydrogen-bond acceptors (Lipinski definition) is 2. The van der Waals surface area contributed by atoms with Gasteiger partial charge in [0.25, 0.3) is 0 Å². The van der Waals surface area contributed by atoms with Crippen molar-refractivity contribution in [1.29, 1.82) is 0 Å². The Bertz CT molecular complexity index is 138. The fraction of sp³-hybridized carbons (Fsp3) is 1.00. The van der Waals surface area contributed by atoms with Gasteiger partial charge >= 0.3 is 35.3 Å². The van der Waals surface area contributed by atoms with E-state index < -0.39 is 16.5 Å². The minimum absolute atomic E-state index is 0.440. The van der Waals surface area contributed by atoms with Crippen LogP contribution in [0.2, 0.25) is 0 Å². The van der Waals surface area contributed by atoms with Crippen LogP contribution in [0.5, 0.6) is 0 Å². The van der Waals surface area contributed by atoms with E-state index in [4.69, 9.17) is 24.6 Å². The summed E-state index contributed by atoms with van der Waals surface area (Å²) < 4.78 is 0. The monoisotopic (exact) mass is 421 g/mol. The molecule has 5 heteroatoms. The molecule has 2 unspecified atom stereocenters. The number of nitrogens with two attached hydrogens (primary N) is 1. The first-order chi connectivity index (χ1) is 6.71. The van der Waals surface area contributed by atoms with Crippen LogP contribution in [-0.2, 0) is 16.5 Å². The van der Waals surface area contributed by atoms with Gasteiger partial charge in [-0.2, -0.15) is 0 Å². The Balaban J connectivity index is 0.000000500. The van der Waals surface area contributed by atoms with Crippen LogP contribution in [0.25, 0.3) is 0 Å². The van der Waals surface area contributed by atoms with Crippen LogP contribution in [0.3, 0.4) is 0 Å². The van der Waals surface area contributed by atoms with Crippen LogP contribution >= 0.6 is 18.8 Å². The summed E-state index contributed by atoms with van der Waals surface area (Å²) in [4.78, 5) is 2.51. The molecule has 0 bridgehead atoms. The molecule has 0 aromatic rings. The maximum atomic E-state index is 5.99. The molecule has 90 valence electrons. The summed E-state index contributed by atoms with van der Waals surface area (Å²) >= 11 is -0.472. The molecule has 2 N–H and O–H groups in total. The topological polar surface area (TPSA) is 29.3 Å². The van der Waals surface area contributed by atoms with E-state index in [9.17, 15) is 0 Å². The van der Waals surface area contributed by atoms with E-state index in [2.05, 4.69) is 18.7 Å². The normalized spacial score (nSPS) is 27.5. The third-order valence-corrected chi connectivity index (χ3v) is 2.70. The number of likely N-dealkylation sites (tertiary alicyclic amines) is 1. The van der Waals surface area contributed by atoms with Crippen molar-refractivity contribution < 1.29 is 16.5 Å². The Hall–Kier alpha value is 1.19. The molecule has 0 spiro atoms. The molecule has 2 nitrogen and oxygen atoms in total. The van der Waals surface area contributed by atoms with Crippen molar-refractivity contribution in [3.8, 4) is 0 Å². The van der Waals surface area contributed by atoms with Gasteiger partial charge in [0.1, 0.15) is 0 Å². The summed E-state index contributed by atoms with van der Waals surface area (Å²) in [7, 11) is 9.75. The van der Waals surface area contributed by atoms with Crippen LogP contribution in [-0.4, -0.2) is 30.1 Å². The first-order valence-corrected chi connectivity index (χ1v) is 10.7. The minimum atomic E-state index is -0.472. The fourth-order valence-electron chi connectivity index (χ4n) is 2.03. The summed E-state index contributed by atoms with van der Waals surface area (Å²) in [6.07, 6.45) is 3.72. The zero-order chi connectivity index (χ0) is 11.0. The average Bonchev–Trinajstić information content (AvgIpc) is 2.50. The predicted molar refractivity (Wildman–Crippen MR) is 60.2 cm³/mol. The Morgan fingerprint density at radius 2 is 2.00 bits per heavy atom. The van der Waals surface area contributed by atoms with Crippen LogP contribution < -0.4 is 5.73 Å². The van der Waals surface area contributed by atoms with Gasteiger partial charge in [-0.15, -0.1) is 0 Å². The molecule has 14 heavy (non-hydrogen) atoms. The molecule has 0 radical (unpaired) electrons. The molecule has 0 aromatic heterocycles. The number of halogens is 2. The second-order valence-corrected chi connectivity index (χ2v) is 6.77. The van der Waals surface area contributed by atoms with E-state index in [1.807, 2.05) is 0 Å². The molecule has 1 fully saturated rings. The van der Waals surface area contributed by atoms with Gasteiger partial charge in [0.2, 0.25) is 0 Å². The molecule has 0 amide bonds. The second-order valence-electron chi connectivity index (χ2n) is 3.48. The Labute approximate surface area is 104 Å². The number of rotatable bonds is 3. The van der Waals surface area contributed by atoms with E-state index in [1.54, 1.807) is 0 Å². The van der Waals surface area contributed by atoms with Crippen molar-refractivity contribution in [3.63, 3.8) is 0 Å². The number of likely N-dealkylation sites (N-methyl/N-ethyl adjacent to an activating group) is 1. The molecule has 0 aliphatic carbocycles. The molecular formula is C9H20Cl2N2Pt. The van der Waals surface area contributed by atoms with Gasteiger partial charge in [-0.05, 0) is 19.4 Å². The molecule has 0 aromatic carbocycles. The van der Waals surface area contributed by atoms with E-state index in [0.29, 0.717) is 12.1 Å². The Morgan fingerprint density at radius 3 is 2.43 bits per heavy atom. The van der Waals surface area contributed by atoms with Crippen LogP contribution in [0, 0.1) is 0 Å². The van der Waals surface area contributed by atoms with Crippen molar-refractivity contribution in [2.45, 2.75) is 45.2 Å². The number of hydrogen-bond donors (Lipinski definition) is 1. The molecule has 2 atom stereocenters. The SMILES string of the molecule is CCCC1C(N)CCN1CC.[Cl][Pt][Cl]. The van der Waals surface area contributed by atoms with E-state index in [1.165, 1.54) is 32.4 Å². The summed E-state index contributed by atoms with van der Waals surface area (Å²) in [5.74, 6) is 0. The molecule has 1 aliphatic heterocycles. The van der Waals surface area contributed by atoms with Crippen molar-refractivity contribution in [3.05, 3.63) is 0 Å². The van der Waals surface area contributed by atoms with Gasteiger partial charge in [0.05, 0.1) is 0 Å². The zero-order valence-electron chi connectivity index (χ0n) is 8.79. The van der Waals surface area contributed by atoms with Gasteiger partial charge in [0.15, 0.2) is 0 Å². The van der Waals surface area contributed by atoms with Crippen molar-refractivity contribution in [2.24, 2.45) is 5.73 Å². The molecule has 1 saturated heterocycles. The van der Waals surface area contributed by atoms with Crippen LogP contribution in [0.1, 0.15) is 33.1 Å². The van der Waals surface area contributed by atoms with E-state index in [-0.39, 0.29) is 0 Å². The van der Waals surface area contributed by atoms with Gasteiger partial charge in [-0.3, -0.25) is 4.90 Å². The summed E-state index contributed by atoms with van der Waals surface area (Å²) in [5, 5.41) is 0. The van der Waals surface area contributed by atoms with Gasteiger partial charge in [-0.1, -0.05) is 20.3 Å². The summed E-state index contributed by atoms with van der Waals surface area (Å²) in [5.41, 5.74) is 5.99. The van der Waals surface area contributed by atoms with Crippen LogP contribution in [0.4, 0.5) is 0 Å². The van der Waals surface area contributed by atoms with Gasteiger partial charge in [-0.25, -0.2) is 0 Å². The third-order valence-electron chi connectivity index (χ3n) is 2.70. The zero-order valence-corrected chi connectivity index (χ0v) is 12.6. The van der Waals surface area contributed by atoms with E-state index >= 15 is 0 Å².